The zero-order valence-electron chi connectivity index (χ0n) is 19.8. The van der Waals surface area contributed by atoms with Crippen molar-refractivity contribution < 1.29 is 19.5 Å². The van der Waals surface area contributed by atoms with E-state index in [1.54, 1.807) is 6.92 Å². The Kier molecular flexibility index (Phi) is 6.04. The van der Waals surface area contributed by atoms with E-state index in [0.717, 1.165) is 16.9 Å². The predicted molar refractivity (Wildman–Crippen MR) is 143 cm³/mol. The minimum Gasteiger partial charge on any atom is -0.477 e. The van der Waals surface area contributed by atoms with Crippen LogP contribution in [0.5, 0.6) is 0 Å². The third kappa shape index (κ3) is 4.38. The molecule has 0 bridgehead atoms. The van der Waals surface area contributed by atoms with E-state index in [2.05, 4.69) is 30.6 Å². The summed E-state index contributed by atoms with van der Waals surface area (Å²) >= 11 is 13.3. The molecule has 11 nitrogen and oxygen atoms in total. The van der Waals surface area contributed by atoms with Crippen LogP contribution in [0.25, 0.3) is 11.0 Å². The van der Waals surface area contributed by atoms with E-state index in [1.165, 1.54) is 0 Å². The number of halogens is 2. The van der Waals surface area contributed by atoms with Gasteiger partial charge >= 0.3 is 5.97 Å². The second-order valence-corrected chi connectivity index (χ2v) is 11.1. The molecule has 38 heavy (non-hydrogen) atoms. The summed E-state index contributed by atoms with van der Waals surface area (Å²) < 4.78 is 0. The summed E-state index contributed by atoms with van der Waals surface area (Å²) in [7, 11) is 0. The highest BCUT2D eigenvalue weighted by Gasteiger charge is 2.57. The Balaban J connectivity index is 1.09. The molecule has 2 fully saturated rings. The number of nitrogens with one attached hydrogen (secondary N) is 4. The number of aromatic amines is 2. The number of fused-ring (bicyclic) bond motifs is 2. The number of anilines is 2. The Hall–Kier alpha value is -3.61. The molecule has 196 valence electrons. The van der Waals surface area contributed by atoms with Crippen LogP contribution in [0.4, 0.5) is 11.1 Å². The molecule has 2 aliphatic rings. The first-order chi connectivity index (χ1) is 18.2. The number of carbonyl (C=O) groups is 3. The third-order valence-electron chi connectivity index (χ3n) is 6.90. The standard InChI is InChI=1S/C24H21Cl2N7O4S/c1-9-16(25)17(26)19(27-9)21(35)32-18-10-7-33(8-11(10)18)24-30-14(20(38-24)22(36)37)6-15(34)31-23-28-12-4-2-3-5-13(12)29-23/h2-5,10-11,18,27H,6-8H2,1H3,(H,32,35)(H,36,37)(H2,28,29,31,34). The second-order valence-electron chi connectivity index (χ2n) is 9.39. The zero-order chi connectivity index (χ0) is 26.7. The molecule has 2 atom stereocenters. The third-order valence-corrected chi connectivity index (χ3v) is 8.99. The number of nitrogens with zero attached hydrogens (tertiary/aromatic N) is 3. The van der Waals surface area contributed by atoms with Gasteiger partial charge in [-0.15, -0.1) is 0 Å². The van der Waals surface area contributed by atoms with Gasteiger partial charge in [-0.25, -0.2) is 14.8 Å². The van der Waals surface area contributed by atoms with Crippen LogP contribution in [0.3, 0.4) is 0 Å². The lowest BCUT2D eigenvalue weighted by molar-refractivity contribution is -0.115. The van der Waals surface area contributed by atoms with Crippen LogP contribution < -0.4 is 15.5 Å². The number of benzene rings is 1. The molecule has 1 aliphatic heterocycles. The summed E-state index contributed by atoms with van der Waals surface area (Å²) in [6.45, 7) is 2.97. The van der Waals surface area contributed by atoms with E-state index < -0.39 is 11.9 Å². The van der Waals surface area contributed by atoms with Crippen LogP contribution in [-0.4, -0.2) is 62.0 Å². The van der Waals surface area contributed by atoms with Gasteiger partial charge in [-0.3, -0.25) is 14.9 Å². The number of aryl methyl sites for hydroxylation is 1. The number of thiazole rings is 1. The Bertz CT molecular complexity index is 1570. The topological polar surface area (TPSA) is 156 Å². The number of aromatic nitrogens is 4. The van der Waals surface area contributed by atoms with Gasteiger partial charge in [0.2, 0.25) is 11.9 Å². The molecule has 1 aliphatic carbocycles. The smallest absolute Gasteiger partial charge is 0.347 e. The number of H-pyrrole nitrogens is 2. The fourth-order valence-corrected chi connectivity index (χ4v) is 6.31. The number of para-hydroxylation sites is 2. The van der Waals surface area contributed by atoms with Crippen LogP contribution in [0, 0.1) is 18.8 Å². The minimum absolute atomic E-state index is 0.00911. The van der Waals surface area contributed by atoms with E-state index in [4.69, 9.17) is 23.2 Å². The number of hydrogen-bond donors (Lipinski definition) is 5. The van der Waals surface area contributed by atoms with E-state index in [0.29, 0.717) is 34.5 Å². The van der Waals surface area contributed by atoms with Gasteiger partial charge in [-0.05, 0) is 19.1 Å². The van der Waals surface area contributed by atoms with Crippen LogP contribution in [0.1, 0.15) is 31.5 Å². The van der Waals surface area contributed by atoms with Crippen molar-refractivity contribution in [2.24, 2.45) is 11.8 Å². The number of rotatable bonds is 7. The summed E-state index contributed by atoms with van der Waals surface area (Å²) in [6, 6.07) is 7.35. The summed E-state index contributed by atoms with van der Waals surface area (Å²) in [4.78, 5) is 53.9. The number of piperidine rings is 1. The Morgan fingerprint density at radius 2 is 1.87 bits per heavy atom. The number of hydrogen-bond acceptors (Lipinski definition) is 7. The number of carbonyl (C=O) groups excluding carboxylic acids is 2. The SMILES string of the molecule is Cc1[nH]c(C(=O)NC2C3CN(c4nc(CC(=O)Nc5nc6ccccc6[nH]5)c(C(=O)O)s4)CC32)c(Cl)c1Cl. The van der Waals surface area contributed by atoms with E-state index in [9.17, 15) is 19.5 Å². The average molecular weight is 574 g/mol. The van der Waals surface area contributed by atoms with Crippen molar-refractivity contribution in [3.8, 4) is 0 Å². The Labute approximate surface area is 229 Å². The van der Waals surface area contributed by atoms with Gasteiger partial charge in [0.15, 0.2) is 5.13 Å². The number of aromatic carboxylic acids is 1. The molecule has 5 N–H and O–H groups in total. The fraction of sp³-hybridized carbons (Fsp3) is 0.292. The molecule has 1 aromatic carbocycles. The van der Waals surface area contributed by atoms with Crippen molar-refractivity contribution >= 4 is 74.4 Å². The number of amides is 2. The lowest BCUT2D eigenvalue weighted by Crippen LogP contribution is -2.34. The van der Waals surface area contributed by atoms with Crippen molar-refractivity contribution in [1.29, 1.82) is 0 Å². The molecule has 0 radical (unpaired) electrons. The molecule has 4 heterocycles. The molecule has 2 unspecified atom stereocenters. The van der Waals surface area contributed by atoms with Crippen LogP contribution in [0.2, 0.25) is 10.0 Å². The minimum atomic E-state index is -1.13. The van der Waals surface area contributed by atoms with Gasteiger partial charge in [0.05, 0.1) is 33.2 Å². The first kappa shape index (κ1) is 24.7. The molecule has 2 amide bonds. The molecule has 14 heteroatoms. The van der Waals surface area contributed by atoms with Crippen LogP contribution in [-0.2, 0) is 11.2 Å². The summed E-state index contributed by atoms with van der Waals surface area (Å²) in [5.41, 5.74) is 2.56. The average Bonchev–Trinajstić information content (AvgIpc) is 3.38. The van der Waals surface area contributed by atoms with Gasteiger partial charge in [0.1, 0.15) is 10.6 Å². The molecule has 3 aromatic heterocycles. The largest absolute Gasteiger partial charge is 0.477 e. The second kappa shape index (κ2) is 9.29. The van der Waals surface area contributed by atoms with E-state index in [1.807, 2.05) is 29.2 Å². The predicted octanol–water partition coefficient (Wildman–Crippen LogP) is 3.71. The van der Waals surface area contributed by atoms with Gasteiger partial charge < -0.3 is 25.3 Å². The molecular formula is C24H21Cl2N7O4S. The summed E-state index contributed by atoms with van der Waals surface area (Å²) in [5.74, 6) is -1.16. The number of imidazole rings is 1. The lowest BCUT2D eigenvalue weighted by Gasteiger charge is -2.19. The maximum absolute atomic E-state index is 12.7. The molecule has 4 aromatic rings. The monoisotopic (exact) mass is 573 g/mol. The summed E-state index contributed by atoms with van der Waals surface area (Å²) in [5, 5.41) is 16.5. The highest BCUT2D eigenvalue weighted by Crippen LogP contribution is 2.48. The Morgan fingerprint density at radius 1 is 1.13 bits per heavy atom. The molecule has 0 spiro atoms. The quantitative estimate of drug-likeness (QED) is 0.225. The number of carboxylic acid groups (broad SMARTS) is 1. The van der Waals surface area contributed by atoms with E-state index in [-0.39, 0.29) is 57.4 Å². The van der Waals surface area contributed by atoms with Crippen molar-refractivity contribution in [3.63, 3.8) is 0 Å². The van der Waals surface area contributed by atoms with E-state index >= 15 is 0 Å². The van der Waals surface area contributed by atoms with Crippen molar-refractivity contribution in [2.45, 2.75) is 19.4 Å². The normalized spacial score (nSPS) is 20.0. The maximum atomic E-state index is 12.7. The van der Waals surface area contributed by atoms with Crippen molar-refractivity contribution in [1.82, 2.24) is 25.3 Å². The van der Waals surface area contributed by atoms with Crippen LogP contribution in [0.15, 0.2) is 24.3 Å². The first-order valence-corrected chi connectivity index (χ1v) is 13.3. The molecule has 6 rings (SSSR count). The molecule has 1 saturated heterocycles. The van der Waals surface area contributed by atoms with Crippen molar-refractivity contribution in [2.75, 3.05) is 23.3 Å². The number of carboxylic acids is 1. The van der Waals surface area contributed by atoms with Gasteiger partial charge in [-0.1, -0.05) is 46.7 Å². The van der Waals surface area contributed by atoms with Crippen LogP contribution >= 0.6 is 34.5 Å². The summed E-state index contributed by atoms with van der Waals surface area (Å²) in [6.07, 6.45) is -0.201. The van der Waals surface area contributed by atoms with Gasteiger partial charge in [0, 0.05) is 36.7 Å². The zero-order valence-corrected chi connectivity index (χ0v) is 22.2. The first-order valence-electron chi connectivity index (χ1n) is 11.8. The van der Waals surface area contributed by atoms with Gasteiger partial charge in [0.25, 0.3) is 5.91 Å². The highest BCUT2D eigenvalue weighted by atomic mass is 35.5. The molecular weight excluding hydrogens is 553 g/mol. The van der Waals surface area contributed by atoms with Gasteiger partial charge in [-0.2, -0.15) is 0 Å². The lowest BCUT2D eigenvalue weighted by atomic mass is 10.2. The Morgan fingerprint density at radius 3 is 2.53 bits per heavy atom. The van der Waals surface area contributed by atoms with Crippen molar-refractivity contribution in [3.05, 3.63) is 56.3 Å². The molecule has 1 saturated carbocycles. The highest BCUT2D eigenvalue weighted by molar-refractivity contribution is 7.17. The maximum Gasteiger partial charge on any atom is 0.347 e. The fourth-order valence-electron chi connectivity index (χ4n) is 4.95.